The maximum absolute atomic E-state index is 13.0. The number of hydrogen-bond donors (Lipinski definition) is 1. The van der Waals surface area contributed by atoms with Crippen molar-refractivity contribution in [3.63, 3.8) is 0 Å². The highest BCUT2D eigenvalue weighted by atomic mass is 32.2. The number of aryl methyl sites for hydroxylation is 1. The summed E-state index contributed by atoms with van der Waals surface area (Å²) in [5.74, 6) is 0.269. The lowest BCUT2D eigenvalue weighted by molar-refractivity contribution is -0.122. The van der Waals surface area contributed by atoms with Crippen LogP contribution < -0.4 is 10.1 Å². The van der Waals surface area contributed by atoms with Crippen LogP contribution in [0, 0.1) is 6.92 Å². The van der Waals surface area contributed by atoms with Crippen LogP contribution in [0.15, 0.2) is 53.4 Å². The molecule has 0 aliphatic carbocycles. The van der Waals surface area contributed by atoms with Crippen LogP contribution >= 0.6 is 0 Å². The van der Waals surface area contributed by atoms with Crippen molar-refractivity contribution in [1.29, 1.82) is 0 Å². The van der Waals surface area contributed by atoms with Gasteiger partial charge in [-0.2, -0.15) is 4.31 Å². The summed E-state index contributed by atoms with van der Waals surface area (Å²) >= 11 is 0. The average Bonchev–Trinajstić information content (AvgIpc) is 3.00. The van der Waals surface area contributed by atoms with Crippen molar-refractivity contribution in [2.45, 2.75) is 50.5 Å². The molecule has 1 N–H and O–H groups in total. The second-order valence-corrected chi connectivity index (χ2v) is 9.35. The summed E-state index contributed by atoms with van der Waals surface area (Å²) in [6.45, 7) is 4.72. The van der Waals surface area contributed by atoms with E-state index in [4.69, 9.17) is 4.74 Å². The van der Waals surface area contributed by atoms with Crippen LogP contribution in [0.3, 0.4) is 0 Å². The van der Waals surface area contributed by atoms with Crippen LogP contribution in [-0.4, -0.2) is 37.8 Å². The summed E-state index contributed by atoms with van der Waals surface area (Å²) in [5.41, 5.74) is 1.54. The maximum Gasteiger partial charge on any atom is 0.265 e. The molecule has 0 saturated carbocycles. The first-order valence-electron chi connectivity index (χ1n) is 10.0. The van der Waals surface area contributed by atoms with Gasteiger partial charge in [-0.05, 0) is 57.0 Å². The number of amides is 1. The quantitative estimate of drug-likeness (QED) is 0.773. The van der Waals surface area contributed by atoms with Crippen LogP contribution in [0.2, 0.25) is 0 Å². The molecular formula is C22H28N2O4S. The predicted octanol–water partition coefficient (Wildman–Crippen LogP) is 3.97. The van der Waals surface area contributed by atoms with E-state index in [1.807, 2.05) is 31.2 Å². The van der Waals surface area contributed by atoms with Gasteiger partial charge >= 0.3 is 0 Å². The first-order valence-corrected chi connectivity index (χ1v) is 11.4. The van der Waals surface area contributed by atoms with Gasteiger partial charge in [-0.3, -0.25) is 4.79 Å². The second kappa shape index (κ2) is 9.41. The number of benzene rings is 2. The minimum atomic E-state index is -3.57. The SMILES string of the molecule is Cc1ccc(O[C@H](C)C(=O)Nc2cccc(S(=O)(=O)N3CCCCCC3)c2)cc1. The molecule has 1 aliphatic heterocycles. The summed E-state index contributed by atoms with van der Waals surface area (Å²) in [6, 6.07) is 13.9. The Bertz CT molecular complexity index is 934. The van der Waals surface area contributed by atoms with E-state index in [-0.39, 0.29) is 10.8 Å². The minimum absolute atomic E-state index is 0.198. The van der Waals surface area contributed by atoms with Crippen molar-refractivity contribution in [2.75, 3.05) is 18.4 Å². The number of ether oxygens (including phenoxy) is 1. The van der Waals surface area contributed by atoms with Crippen LogP contribution in [0.25, 0.3) is 0 Å². The van der Waals surface area contributed by atoms with Gasteiger partial charge in [-0.15, -0.1) is 0 Å². The van der Waals surface area contributed by atoms with Gasteiger partial charge in [-0.1, -0.05) is 36.6 Å². The maximum atomic E-state index is 13.0. The van der Waals surface area contributed by atoms with Gasteiger partial charge in [0.1, 0.15) is 5.75 Å². The Morgan fingerprint density at radius 2 is 1.69 bits per heavy atom. The van der Waals surface area contributed by atoms with E-state index in [1.54, 1.807) is 29.4 Å². The molecule has 29 heavy (non-hydrogen) atoms. The highest BCUT2D eigenvalue weighted by Crippen LogP contribution is 2.23. The zero-order chi connectivity index (χ0) is 20.9. The van der Waals surface area contributed by atoms with Crippen molar-refractivity contribution >= 4 is 21.6 Å². The number of nitrogens with zero attached hydrogens (tertiary/aromatic N) is 1. The molecule has 7 heteroatoms. The lowest BCUT2D eigenvalue weighted by Crippen LogP contribution is -2.32. The topological polar surface area (TPSA) is 75.7 Å². The Kier molecular flexibility index (Phi) is 6.92. The van der Waals surface area contributed by atoms with Gasteiger partial charge in [0.2, 0.25) is 10.0 Å². The van der Waals surface area contributed by atoms with Gasteiger partial charge < -0.3 is 10.1 Å². The van der Waals surface area contributed by atoms with Gasteiger partial charge in [0.05, 0.1) is 4.90 Å². The van der Waals surface area contributed by atoms with E-state index in [9.17, 15) is 13.2 Å². The van der Waals surface area contributed by atoms with Crippen LogP contribution in [-0.2, 0) is 14.8 Å². The van der Waals surface area contributed by atoms with Crippen molar-refractivity contribution in [3.05, 3.63) is 54.1 Å². The number of carbonyl (C=O) groups excluding carboxylic acids is 1. The Balaban J connectivity index is 1.68. The predicted molar refractivity (Wildman–Crippen MR) is 114 cm³/mol. The first kappa shape index (κ1) is 21.3. The monoisotopic (exact) mass is 416 g/mol. The smallest absolute Gasteiger partial charge is 0.265 e. The number of hydrogen-bond acceptors (Lipinski definition) is 4. The molecule has 156 valence electrons. The standard InChI is InChI=1S/C22H28N2O4S/c1-17-10-12-20(13-11-17)28-18(2)22(25)23-19-8-7-9-21(16-19)29(26,27)24-14-5-3-4-6-15-24/h7-13,16,18H,3-6,14-15H2,1-2H3,(H,23,25)/t18-/m1/s1. The molecule has 1 amide bonds. The summed E-state index contributed by atoms with van der Waals surface area (Å²) in [7, 11) is -3.57. The summed E-state index contributed by atoms with van der Waals surface area (Å²) in [6.07, 6.45) is 3.15. The fraction of sp³-hybridized carbons (Fsp3) is 0.409. The summed E-state index contributed by atoms with van der Waals surface area (Å²) in [4.78, 5) is 12.7. The molecule has 0 unspecified atom stereocenters. The third kappa shape index (κ3) is 5.58. The third-order valence-corrected chi connectivity index (χ3v) is 6.90. The van der Waals surface area contributed by atoms with E-state index in [1.165, 1.54) is 6.07 Å². The molecule has 0 aromatic heterocycles. The molecule has 1 saturated heterocycles. The van der Waals surface area contributed by atoms with E-state index in [0.717, 1.165) is 31.2 Å². The summed E-state index contributed by atoms with van der Waals surface area (Å²) < 4.78 is 33.2. The largest absolute Gasteiger partial charge is 0.481 e. The van der Waals surface area contributed by atoms with Gasteiger partial charge in [0, 0.05) is 18.8 Å². The Labute approximate surface area is 172 Å². The third-order valence-electron chi connectivity index (χ3n) is 5.01. The number of sulfonamides is 1. The average molecular weight is 417 g/mol. The summed E-state index contributed by atoms with van der Waals surface area (Å²) in [5, 5.41) is 2.75. The molecule has 2 aromatic carbocycles. The van der Waals surface area contributed by atoms with Crippen LogP contribution in [0.5, 0.6) is 5.75 Å². The number of nitrogens with one attached hydrogen (secondary N) is 1. The molecule has 1 atom stereocenters. The molecule has 0 spiro atoms. The molecule has 3 rings (SSSR count). The zero-order valence-electron chi connectivity index (χ0n) is 16.9. The molecular weight excluding hydrogens is 388 g/mol. The fourth-order valence-electron chi connectivity index (χ4n) is 3.28. The van der Waals surface area contributed by atoms with E-state index < -0.39 is 16.1 Å². The van der Waals surface area contributed by atoms with E-state index in [0.29, 0.717) is 24.5 Å². The Hall–Kier alpha value is -2.38. The second-order valence-electron chi connectivity index (χ2n) is 7.41. The van der Waals surface area contributed by atoms with Gasteiger partial charge in [0.25, 0.3) is 5.91 Å². The number of anilines is 1. The van der Waals surface area contributed by atoms with Crippen molar-refractivity contribution < 1.29 is 17.9 Å². The van der Waals surface area contributed by atoms with E-state index >= 15 is 0 Å². The van der Waals surface area contributed by atoms with Crippen molar-refractivity contribution in [2.24, 2.45) is 0 Å². The lowest BCUT2D eigenvalue weighted by atomic mass is 10.2. The van der Waals surface area contributed by atoms with E-state index in [2.05, 4.69) is 5.32 Å². The first-order chi connectivity index (χ1) is 13.9. The molecule has 0 bridgehead atoms. The number of carbonyl (C=O) groups is 1. The molecule has 1 fully saturated rings. The lowest BCUT2D eigenvalue weighted by Gasteiger charge is -2.20. The molecule has 6 nitrogen and oxygen atoms in total. The molecule has 2 aromatic rings. The Morgan fingerprint density at radius 3 is 2.34 bits per heavy atom. The fourth-order valence-corrected chi connectivity index (χ4v) is 4.85. The zero-order valence-corrected chi connectivity index (χ0v) is 17.7. The van der Waals surface area contributed by atoms with Crippen LogP contribution in [0.4, 0.5) is 5.69 Å². The molecule has 0 radical (unpaired) electrons. The van der Waals surface area contributed by atoms with Gasteiger partial charge in [-0.25, -0.2) is 8.42 Å². The highest BCUT2D eigenvalue weighted by Gasteiger charge is 2.25. The Morgan fingerprint density at radius 1 is 1.03 bits per heavy atom. The molecule has 1 heterocycles. The van der Waals surface area contributed by atoms with Crippen molar-refractivity contribution in [3.8, 4) is 5.75 Å². The van der Waals surface area contributed by atoms with Crippen LogP contribution in [0.1, 0.15) is 38.2 Å². The van der Waals surface area contributed by atoms with Gasteiger partial charge in [0.15, 0.2) is 6.10 Å². The number of rotatable bonds is 6. The highest BCUT2D eigenvalue weighted by molar-refractivity contribution is 7.89. The molecule has 1 aliphatic rings. The van der Waals surface area contributed by atoms with Crippen molar-refractivity contribution in [1.82, 2.24) is 4.31 Å². The minimum Gasteiger partial charge on any atom is -0.481 e. The normalized spacial score (nSPS) is 16.6.